The van der Waals surface area contributed by atoms with Crippen molar-refractivity contribution < 1.29 is 15.0 Å². The van der Waals surface area contributed by atoms with Crippen molar-refractivity contribution in [2.24, 2.45) is 5.41 Å². The van der Waals surface area contributed by atoms with E-state index in [0.717, 1.165) is 19.3 Å². The summed E-state index contributed by atoms with van der Waals surface area (Å²) in [5.41, 5.74) is 0.645. The van der Waals surface area contributed by atoms with Crippen molar-refractivity contribution in [3.63, 3.8) is 0 Å². The third kappa shape index (κ3) is 3.40. The molecule has 1 aromatic rings. The Bertz CT molecular complexity index is 482. The van der Waals surface area contributed by atoms with Gasteiger partial charge in [0.2, 0.25) is 0 Å². The minimum Gasteiger partial charge on any atom is -0.504 e. The number of aromatic hydroxyl groups is 2. The Morgan fingerprint density at radius 2 is 2.05 bits per heavy atom. The molecule has 0 spiro atoms. The standard InChI is InChI=1S/C15H21NO3/c1-15(2)7-3-4-11(9-15)16-14(19)10-5-6-12(17)13(18)8-10/h5-6,8,11,17-18H,3-4,7,9H2,1-2H3,(H,16,19). The smallest absolute Gasteiger partial charge is 0.251 e. The number of phenols is 2. The van der Waals surface area contributed by atoms with E-state index >= 15 is 0 Å². The number of hydrogen-bond donors (Lipinski definition) is 3. The molecule has 1 amide bonds. The summed E-state index contributed by atoms with van der Waals surface area (Å²) in [6.07, 6.45) is 4.29. The average molecular weight is 263 g/mol. The van der Waals surface area contributed by atoms with Crippen molar-refractivity contribution in [1.29, 1.82) is 0 Å². The summed E-state index contributed by atoms with van der Waals surface area (Å²) in [5.74, 6) is -0.676. The van der Waals surface area contributed by atoms with Crippen LogP contribution < -0.4 is 5.32 Å². The van der Waals surface area contributed by atoms with Crippen molar-refractivity contribution in [2.75, 3.05) is 0 Å². The molecule has 19 heavy (non-hydrogen) atoms. The highest BCUT2D eigenvalue weighted by molar-refractivity contribution is 5.95. The maximum Gasteiger partial charge on any atom is 0.251 e. The molecule has 4 heteroatoms. The third-order valence-electron chi connectivity index (χ3n) is 3.78. The van der Waals surface area contributed by atoms with Gasteiger partial charge in [-0.05, 0) is 42.9 Å². The Labute approximate surface area is 113 Å². The van der Waals surface area contributed by atoms with Gasteiger partial charge in [-0.2, -0.15) is 0 Å². The molecule has 1 unspecified atom stereocenters. The fourth-order valence-corrected chi connectivity index (χ4v) is 2.75. The maximum atomic E-state index is 12.1. The molecule has 0 radical (unpaired) electrons. The quantitative estimate of drug-likeness (QED) is 0.719. The predicted molar refractivity (Wildman–Crippen MR) is 73.3 cm³/mol. The Hall–Kier alpha value is -1.71. The molecule has 1 saturated carbocycles. The predicted octanol–water partition coefficient (Wildman–Crippen LogP) is 2.80. The SMILES string of the molecule is CC1(C)CCCC(NC(=O)c2ccc(O)c(O)c2)C1. The lowest BCUT2D eigenvalue weighted by atomic mass is 9.75. The molecule has 3 N–H and O–H groups in total. The number of carbonyl (C=O) groups excluding carboxylic acids is 1. The molecular weight excluding hydrogens is 242 g/mol. The van der Waals surface area contributed by atoms with Gasteiger partial charge in [-0.1, -0.05) is 20.3 Å². The van der Waals surface area contributed by atoms with Gasteiger partial charge in [0.05, 0.1) is 0 Å². The van der Waals surface area contributed by atoms with Crippen molar-refractivity contribution in [2.45, 2.75) is 45.6 Å². The molecule has 0 aromatic heterocycles. The lowest BCUT2D eigenvalue weighted by molar-refractivity contribution is 0.0902. The molecule has 1 aliphatic rings. The van der Waals surface area contributed by atoms with E-state index in [1.165, 1.54) is 24.6 Å². The first kappa shape index (κ1) is 13.7. The lowest BCUT2D eigenvalue weighted by Crippen LogP contribution is -2.40. The largest absolute Gasteiger partial charge is 0.504 e. The fraction of sp³-hybridized carbons (Fsp3) is 0.533. The van der Waals surface area contributed by atoms with Gasteiger partial charge in [-0.3, -0.25) is 4.79 Å². The van der Waals surface area contributed by atoms with E-state index in [-0.39, 0.29) is 28.9 Å². The van der Waals surface area contributed by atoms with Gasteiger partial charge in [0.15, 0.2) is 11.5 Å². The van der Waals surface area contributed by atoms with Gasteiger partial charge in [0, 0.05) is 11.6 Å². The van der Waals surface area contributed by atoms with Crippen LogP contribution in [-0.2, 0) is 0 Å². The zero-order valence-corrected chi connectivity index (χ0v) is 11.4. The van der Waals surface area contributed by atoms with E-state index in [2.05, 4.69) is 19.2 Å². The zero-order valence-electron chi connectivity index (χ0n) is 11.4. The Balaban J connectivity index is 2.02. The van der Waals surface area contributed by atoms with Crippen molar-refractivity contribution in [3.05, 3.63) is 23.8 Å². The van der Waals surface area contributed by atoms with E-state index in [0.29, 0.717) is 5.56 Å². The van der Waals surface area contributed by atoms with Crippen LogP contribution in [0.2, 0.25) is 0 Å². The van der Waals surface area contributed by atoms with Crippen LogP contribution in [0.1, 0.15) is 49.9 Å². The highest BCUT2D eigenvalue weighted by atomic mass is 16.3. The van der Waals surface area contributed by atoms with E-state index < -0.39 is 0 Å². The third-order valence-corrected chi connectivity index (χ3v) is 3.78. The minimum atomic E-state index is -0.267. The molecule has 0 aliphatic heterocycles. The molecule has 1 atom stereocenters. The number of carbonyl (C=O) groups is 1. The zero-order chi connectivity index (χ0) is 14.0. The van der Waals surface area contributed by atoms with E-state index in [9.17, 15) is 15.0 Å². The van der Waals surface area contributed by atoms with E-state index in [1.807, 2.05) is 0 Å². The van der Waals surface area contributed by atoms with Crippen LogP contribution in [-0.4, -0.2) is 22.2 Å². The van der Waals surface area contributed by atoms with Crippen molar-refractivity contribution in [1.82, 2.24) is 5.32 Å². The van der Waals surface area contributed by atoms with E-state index in [4.69, 9.17) is 0 Å². The van der Waals surface area contributed by atoms with Gasteiger partial charge in [0.1, 0.15) is 0 Å². The number of hydrogen-bond acceptors (Lipinski definition) is 3. The summed E-state index contributed by atoms with van der Waals surface area (Å²) >= 11 is 0. The first-order chi connectivity index (χ1) is 8.87. The van der Waals surface area contributed by atoms with Gasteiger partial charge in [-0.25, -0.2) is 0 Å². The summed E-state index contributed by atoms with van der Waals surface area (Å²) in [4.78, 5) is 12.1. The van der Waals surface area contributed by atoms with Crippen LogP contribution in [0.25, 0.3) is 0 Å². The van der Waals surface area contributed by atoms with Gasteiger partial charge < -0.3 is 15.5 Å². The molecule has 0 heterocycles. The average Bonchev–Trinajstić information content (AvgIpc) is 2.31. The molecule has 1 aliphatic carbocycles. The van der Waals surface area contributed by atoms with Crippen molar-refractivity contribution >= 4 is 5.91 Å². The molecule has 0 saturated heterocycles. The number of amides is 1. The summed E-state index contributed by atoms with van der Waals surface area (Å²) in [5, 5.41) is 21.6. The first-order valence-electron chi connectivity index (χ1n) is 6.70. The lowest BCUT2D eigenvalue weighted by Gasteiger charge is -2.35. The van der Waals surface area contributed by atoms with Gasteiger partial charge >= 0.3 is 0 Å². The second-order valence-electron chi connectivity index (χ2n) is 6.13. The highest BCUT2D eigenvalue weighted by Crippen LogP contribution is 2.35. The Morgan fingerprint density at radius 1 is 1.32 bits per heavy atom. The fourth-order valence-electron chi connectivity index (χ4n) is 2.75. The molecule has 4 nitrogen and oxygen atoms in total. The summed E-state index contributed by atoms with van der Waals surface area (Å²) in [6, 6.07) is 4.32. The monoisotopic (exact) mass is 263 g/mol. The summed E-state index contributed by atoms with van der Waals surface area (Å²) < 4.78 is 0. The van der Waals surface area contributed by atoms with Crippen LogP contribution in [0, 0.1) is 5.41 Å². The second kappa shape index (κ2) is 5.11. The maximum absolute atomic E-state index is 12.1. The number of benzene rings is 1. The molecular formula is C15H21NO3. The second-order valence-corrected chi connectivity index (χ2v) is 6.13. The Morgan fingerprint density at radius 3 is 2.68 bits per heavy atom. The molecule has 104 valence electrons. The van der Waals surface area contributed by atoms with Gasteiger partial charge in [-0.15, -0.1) is 0 Å². The summed E-state index contributed by atoms with van der Waals surface area (Å²) in [6.45, 7) is 4.44. The van der Waals surface area contributed by atoms with Crippen LogP contribution in [0.4, 0.5) is 0 Å². The van der Waals surface area contributed by atoms with E-state index in [1.54, 1.807) is 0 Å². The topological polar surface area (TPSA) is 69.6 Å². The van der Waals surface area contributed by atoms with Crippen LogP contribution in [0.3, 0.4) is 0 Å². The van der Waals surface area contributed by atoms with Crippen LogP contribution in [0.15, 0.2) is 18.2 Å². The number of rotatable bonds is 2. The number of phenolic OH excluding ortho intramolecular Hbond substituents is 2. The van der Waals surface area contributed by atoms with Crippen molar-refractivity contribution in [3.8, 4) is 11.5 Å². The minimum absolute atomic E-state index is 0.187. The van der Waals surface area contributed by atoms with Gasteiger partial charge in [0.25, 0.3) is 5.91 Å². The first-order valence-corrected chi connectivity index (χ1v) is 6.70. The van der Waals surface area contributed by atoms with Crippen LogP contribution in [0.5, 0.6) is 11.5 Å². The molecule has 1 aromatic carbocycles. The normalized spacial score (nSPS) is 21.9. The van der Waals surface area contributed by atoms with Crippen LogP contribution >= 0.6 is 0 Å². The Kier molecular flexibility index (Phi) is 3.69. The molecule has 2 rings (SSSR count). The highest BCUT2D eigenvalue weighted by Gasteiger charge is 2.28. The molecule has 1 fully saturated rings. The summed E-state index contributed by atoms with van der Waals surface area (Å²) in [7, 11) is 0. The number of nitrogens with one attached hydrogen (secondary N) is 1. The molecule has 0 bridgehead atoms.